The number of rotatable bonds is 2. The van der Waals surface area contributed by atoms with Gasteiger partial charge in [-0.25, -0.2) is 0 Å². The summed E-state index contributed by atoms with van der Waals surface area (Å²) in [6.45, 7) is 4.25. The second kappa shape index (κ2) is 4.88. The molecule has 0 atom stereocenters. The van der Waals surface area contributed by atoms with E-state index in [-0.39, 0.29) is 0 Å². The second-order valence-electron chi connectivity index (χ2n) is 4.90. The van der Waals surface area contributed by atoms with Crippen LogP contribution in [0.2, 0.25) is 0 Å². The van der Waals surface area contributed by atoms with E-state index >= 15 is 0 Å². The van der Waals surface area contributed by atoms with Crippen LogP contribution in [0.5, 0.6) is 5.75 Å². The Morgan fingerprint density at radius 3 is 2.38 bits per heavy atom. The van der Waals surface area contributed by atoms with Crippen molar-refractivity contribution < 1.29 is 4.74 Å². The highest BCUT2D eigenvalue weighted by Crippen LogP contribution is 2.24. The van der Waals surface area contributed by atoms with Crippen molar-refractivity contribution in [1.29, 1.82) is 0 Å². The van der Waals surface area contributed by atoms with E-state index in [2.05, 4.69) is 32.0 Å². The van der Waals surface area contributed by atoms with Gasteiger partial charge in [-0.1, -0.05) is 6.07 Å². The summed E-state index contributed by atoms with van der Waals surface area (Å²) in [5.41, 5.74) is 8.49. The Morgan fingerprint density at radius 2 is 1.75 bits per heavy atom. The molecule has 0 bridgehead atoms. The molecule has 1 aromatic carbocycles. The van der Waals surface area contributed by atoms with E-state index < -0.39 is 0 Å². The van der Waals surface area contributed by atoms with E-state index in [0.29, 0.717) is 12.1 Å². The second-order valence-corrected chi connectivity index (χ2v) is 4.90. The van der Waals surface area contributed by atoms with Gasteiger partial charge in [0.1, 0.15) is 5.75 Å². The average molecular weight is 219 g/mol. The van der Waals surface area contributed by atoms with E-state index in [4.69, 9.17) is 10.5 Å². The summed E-state index contributed by atoms with van der Waals surface area (Å²) >= 11 is 0. The van der Waals surface area contributed by atoms with Crippen LogP contribution in [0.25, 0.3) is 0 Å². The molecule has 1 aliphatic carbocycles. The normalized spacial score (nSPS) is 25.4. The lowest BCUT2D eigenvalue weighted by Crippen LogP contribution is -2.31. The summed E-state index contributed by atoms with van der Waals surface area (Å²) in [5, 5.41) is 0. The molecule has 1 fully saturated rings. The average Bonchev–Trinajstić information content (AvgIpc) is 2.27. The molecular weight excluding hydrogens is 198 g/mol. The van der Waals surface area contributed by atoms with Gasteiger partial charge < -0.3 is 10.5 Å². The third kappa shape index (κ3) is 2.76. The Kier molecular flexibility index (Phi) is 3.49. The molecule has 2 heteroatoms. The smallest absolute Gasteiger partial charge is 0.119 e. The molecule has 0 amide bonds. The monoisotopic (exact) mass is 219 g/mol. The molecular formula is C14H21NO. The molecule has 0 unspecified atom stereocenters. The lowest BCUT2D eigenvalue weighted by Gasteiger charge is -2.27. The predicted molar refractivity (Wildman–Crippen MR) is 66.8 cm³/mol. The van der Waals surface area contributed by atoms with Gasteiger partial charge in [0.25, 0.3) is 0 Å². The highest BCUT2D eigenvalue weighted by Gasteiger charge is 2.19. The molecule has 1 saturated carbocycles. The van der Waals surface area contributed by atoms with Crippen LogP contribution in [0.3, 0.4) is 0 Å². The zero-order chi connectivity index (χ0) is 11.5. The topological polar surface area (TPSA) is 35.2 Å². The number of hydrogen-bond donors (Lipinski definition) is 1. The van der Waals surface area contributed by atoms with Crippen LogP contribution < -0.4 is 10.5 Å². The lowest BCUT2D eigenvalue weighted by molar-refractivity contribution is 0.147. The highest BCUT2D eigenvalue weighted by atomic mass is 16.5. The molecule has 16 heavy (non-hydrogen) atoms. The van der Waals surface area contributed by atoms with Crippen LogP contribution in [-0.4, -0.2) is 12.1 Å². The molecule has 88 valence electrons. The number of aryl methyl sites for hydroxylation is 2. The SMILES string of the molecule is Cc1ccc(OC2CCC(N)CC2)cc1C. The van der Waals surface area contributed by atoms with Gasteiger partial charge in [-0.15, -0.1) is 0 Å². The first kappa shape index (κ1) is 11.5. The van der Waals surface area contributed by atoms with Gasteiger partial charge in [-0.05, 0) is 62.8 Å². The molecule has 2 rings (SSSR count). The summed E-state index contributed by atoms with van der Waals surface area (Å²) in [7, 11) is 0. The van der Waals surface area contributed by atoms with Crippen LogP contribution >= 0.6 is 0 Å². The Morgan fingerprint density at radius 1 is 1.06 bits per heavy atom. The molecule has 0 aliphatic heterocycles. The summed E-state index contributed by atoms with van der Waals surface area (Å²) in [5.74, 6) is 1.00. The molecule has 0 radical (unpaired) electrons. The van der Waals surface area contributed by atoms with Crippen molar-refractivity contribution in [2.45, 2.75) is 51.7 Å². The standard InChI is InChI=1S/C14H21NO/c1-10-3-6-14(9-11(10)2)16-13-7-4-12(15)5-8-13/h3,6,9,12-13H,4-5,7-8,15H2,1-2H3. The summed E-state index contributed by atoms with van der Waals surface area (Å²) in [6, 6.07) is 6.71. The van der Waals surface area contributed by atoms with Crippen molar-refractivity contribution in [3.63, 3.8) is 0 Å². The minimum Gasteiger partial charge on any atom is -0.490 e. The van der Waals surface area contributed by atoms with E-state index in [0.717, 1.165) is 31.4 Å². The minimum atomic E-state index is 0.363. The van der Waals surface area contributed by atoms with Gasteiger partial charge in [-0.2, -0.15) is 0 Å². The number of ether oxygens (including phenoxy) is 1. The fraction of sp³-hybridized carbons (Fsp3) is 0.571. The van der Waals surface area contributed by atoms with Gasteiger partial charge in [0.15, 0.2) is 0 Å². The van der Waals surface area contributed by atoms with E-state index in [9.17, 15) is 0 Å². The number of nitrogens with two attached hydrogens (primary N) is 1. The van der Waals surface area contributed by atoms with Crippen molar-refractivity contribution in [3.05, 3.63) is 29.3 Å². The van der Waals surface area contributed by atoms with Crippen LogP contribution in [0, 0.1) is 13.8 Å². The first-order valence-electron chi connectivity index (χ1n) is 6.14. The quantitative estimate of drug-likeness (QED) is 0.830. The first-order valence-corrected chi connectivity index (χ1v) is 6.14. The third-order valence-corrected chi connectivity index (χ3v) is 3.50. The first-order chi connectivity index (χ1) is 7.65. The Balaban J connectivity index is 1.96. The van der Waals surface area contributed by atoms with E-state index in [1.165, 1.54) is 11.1 Å². The molecule has 1 aromatic rings. The third-order valence-electron chi connectivity index (χ3n) is 3.50. The summed E-state index contributed by atoms with van der Waals surface area (Å²) in [6.07, 6.45) is 4.73. The van der Waals surface area contributed by atoms with Crippen molar-refractivity contribution in [1.82, 2.24) is 0 Å². The maximum absolute atomic E-state index is 5.98. The predicted octanol–water partition coefficient (Wildman–Crippen LogP) is 2.95. The van der Waals surface area contributed by atoms with Crippen molar-refractivity contribution >= 4 is 0 Å². The van der Waals surface area contributed by atoms with Gasteiger partial charge in [0, 0.05) is 6.04 Å². The lowest BCUT2D eigenvalue weighted by atomic mass is 9.94. The van der Waals surface area contributed by atoms with Gasteiger partial charge >= 0.3 is 0 Å². The fourth-order valence-electron chi connectivity index (χ4n) is 2.19. The Labute approximate surface area is 97.8 Å². The van der Waals surface area contributed by atoms with E-state index in [1.54, 1.807) is 0 Å². The fourth-order valence-corrected chi connectivity index (χ4v) is 2.19. The van der Waals surface area contributed by atoms with Crippen molar-refractivity contribution in [2.24, 2.45) is 5.73 Å². The Bertz CT molecular complexity index is 354. The highest BCUT2D eigenvalue weighted by molar-refractivity contribution is 5.33. The molecule has 1 aliphatic rings. The van der Waals surface area contributed by atoms with Gasteiger partial charge in [0.05, 0.1) is 6.10 Å². The molecule has 2 nitrogen and oxygen atoms in total. The van der Waals surface area contributed by atoms with E-state index in [1.807, 2.05) is 0 Å². The molecule has 0 heterocycles. The minimum absolute atomic E-state index is 0.363. The number of benzene rings is 1. The molecule has 0 saturated heterocycles. The molecule has 0 spiro atoms. The van der Waals surface area contributed by atoms with Crippen molar-refractivity contribution in [2.75, 3.05) is 0 Å². The molecule has 0 aromatic heterocycles. The number of hydrogen-bond acceptors (Lipinski definition) is 2. The molecule has 2 N–H and O–H groups in total. The summed E-state index contributed by atoms with van der Waals surface area (Å²) in [4.78, 5) is 0. The summed E-state index contributed by atoms with van der Waals surface area (Å²) < 4.78 is 5.98. The zero-order valence-corrected chi connectivity index (χ0v) is 10.2. The van der Waals surface area contributed by atoms with Crippen molar-refractivity contribution in [3.8, 4) is 5.75 Å². The van der Waals surface area contributed by atoms with Crippen LogP contribution in [0.4, 0.5) is 0 Å². The zero-order valence-electron chi connectivity index (χ0n) is 10.2. The van der Waals surface area contributed by atoms with Crippen LogP contribution in [-0.2, 0) is 0 Å². The van der Waals surface area contributed by atoms with Crippen LogP contribution in [0.15, 0.2) is 18.2 Å². The maximum Gasteiger partial charge on any atom is 0.119 e. The largest absolute Gasteiger partial charge is 0.490 e. The maximum atomic E-state index is 5.98. The Hall–Kier alpha value is -1.02. The van der Waals surface area contributed by atoms with Crippen LogP contribution in [0.1, 0.15) is 36.8 Å². The van der Waals surface area contributed by atoms with Gasteiger partial charge in [-0.3, -0.25) is 0 Å². The van der Waals surface area contributed by atoms with Gasteiger partial charge in [0.2, 0.25) is 0 Å².